The number of rotatable bonds is 5. The van der Waals surface area contributed by atoms with Gasteiger partial charge in [0, 0.05) is 34.8 Å². The lowest BCUT2D eigenvalue weighted by Gasteiger charge is -2.53. The van der Waals surface area contributed by atoms with Gasteiger partial charge in [-0.1, -0.05) is 122 Å². The van der Waals surface area contributed by atoms with Gasteiger partial charge in [0.15, 0.2) is 17.5 Å². The van der Waals surface area contributed by atoms with Crippen molar-refractivity contribution in [1.82, 2.24) is 19.9 Å². The SMILES string of the molecule is c1ccc(-c2nc(-c3ccccc3)nc(-c3cccc(-c4cccc(C5CCC6C(C5)C5CCCC7OC8CCCCC8N6C75)c4)c3)n2)cc1. The molecule has 3 aliphatic carbocycles. The van der Waals surface area contributed by atoms with Crippen LogP contribution in [-0.4, -0.2) is 50.2 Å². The van der Waals surface area contributed by atoms with E-state index in [2.05, 4.69) is 77.7 Å². The highest BCUT2D eigenvalue weighted by Gasteiger charge is 2.59. The van der Waals surface area contributed by atoms with Crippen LogP contribution in [0.5, 0.6) is 0 Å². The van der Waals surface area contributed by atoms with Gasteiger partial charge >= 0.3 is 0 Å². The molecule has 0 amide bonds. The Balaban J connectivity index is 0.944. The van der Waals surface area contributed by atoms with Gasteiger partial charge in [0.25, 0.3) is 0 Å². The van der Waals surface area contributed by atoms with Crippen LogP contribution in [0.3, 0.4) is 0 Å². The minimum atomic E-state index is 0.477. The van der Waals surface area contributed by atoms with Gasteiger partial charge in [0.2, 0.25) is 0 Å². The van der Waals surface area contributed by atoms with Crippen molar-refractivity contribution >= 4 is 0 Å². The average Bonchev–Trinajstić information content (AvgIpc) is 3.54. The Morgan fingerprint density at radius 2 is 1.10 bits per heavy atom. The van der Waals surface area contributed by atoms with Gasteiger partial charge in [0.1, 0.15) is 0 Å². The maximum absolute atomic E-state index is 6.90. The van der Waals surface area contributed by atoms with Crippen molar-refractivity contribution in [3.63, 3.8) is 0 Å². The van der Waals surface area contributed by atoms with Crippen LogP contribution in [0, 0.1) is 11.8 Å². The van der Waals surface area contributed by atoms with E-state index in [0.717, 1.165) is 34.6 Å². The third kappa shape index (κ3) is 5.41. The first-order valence-corrected chi connectivity index (χ1v) is 19.3. The molecule has 8 unspecified atom stereocenters. The number of morpholine rings is 1. The predicted octanol–water partition coefficient (Wildman–Crippen LogP) is 9.99. The zero-order valence-electron chi connectivity index (χ0n) is 28.8. The molecular weight excluding hydrogens is 613 g/mol. The maximum Gasteiger partial charge on any atom is 0.164 e. The molecule has 4 aromatic carbocycles. The molecular formula is C45H46N4O. The second kappa shape index (κ2) is 12.9. The summed E-state index contributed by atoms with van der Waals surface area (Å²) in [5.41, 5.74) is 6.96. The van der Waals surface area contributed by atoms with Crippen molar-refractivity contribution in [3.05, 3.63) is 115 Å². The van der Waals surface area contributed by atoms with E-state index in [1.54, 1.807) is 0 Å². The molecule has 252 valence electrons. The first kappa shape index (κ1) is 30.6. The molecule has 0 spiro atoms. The van der Waals surface area contributed by atoms with Gasteiger partial charge in [-0.3, -0.25) is 4.90 Å². The Bertz CT molecular complexity index is 1920. The molecule has 5 nitrogen and oxygen atoms in total. The number of hydrogen-bond acceptors (Lipinski definition) is 5. The lowest BCUT2D eigenvalue weighted by Crippen LogP contribution is -2.63. The van der Waals surface area contributed by atoms with E-state index in [0.29, 0.717) is 47.7 Å². The van der Waals surface area contributed by atoms with Crippen LogP contribution in [0.2, 0.25) is 0 Å². The largest absolute Gasteiger partial charge is 0.372 e. The minimum absolute atomic E-state index is 0.477. The van der Waals surface area contributed by atoms with Crippen LogP contribution >= 0.6 is 0 Å². The van der Waals surface area contributed by atoms with Gasteiger partial charge < -0.3 is 4.74 Å². The summed E-state index contributed by atoms with van der Waals surface area (Å²) in [7, 11) is 0. The van der Waals surface area contributed by atoms with Crippen molar-refractivity contribution in [2.75, 3.05) is 0 Å². The molecule has 3 saturated carbocycles. The second-order valence-electron chi connectivity index (χ2n) is 15.6. The fourth-order valence-electron chi connectivity index (χ4n) is 10.8. The zero-order chi connectivity index (χ0) is 33.0. The molecule has 0 bridgehead atoms. The quantitative estimate of drug-likeness (QED) is 0.188. The van der Waals surface area contributed by atoms with Crippen molar-refractivity contribution in [3.8, 4) is 45.3 Å². The van der Waals surface area contributed by atoms with Crippen molar-refractivity contribution in [2.45, 2.75) is 100 Å². The van der Waals surface area contributed by atoms with Crippen molar-refractivity contribution in [2.24, 2.45) is 11.8 Å². The first-order chi connectivity index (χ1) is 24.8. The molecule has 50 heavy (non-hydrogen) atoms. The number of benzene rings is 4. The van der Waals surface area contributed by atoms with Crippen LogP contribution in [0.4, 0.5) is 0 Å². The summed E-state index contributed by atoms with van der Waals surface area (Å²) in [4.78, 5) is 18.0. The molecule has 5 heteroatoms. The number of ether oxygens (including phenoxy) is 1. The van der Waals surface area contributed by atoms with E-state index >= 15 is 0 Å². The van der Waals surface area contributed by atoms with E-state index in [-0.39, 0.29) is 0 Å². The van der Waals surface area contributed by atoms with Crippen LogP contribution in [0.15, 0.2) is 109 Å². The molecule has 10 rings (SSSR count). The standard InChI is InChI=1S/C45H46N4O/c1-3-12-29(13-4-1)43-46-44(30-14-5-2-6-15-30)48-45(47-43)35-19-10-18-33(27-35)31-16-9-17-32(26-31)34-24-25-38-37(28-34)36-20-11-23-41-42(36)49(38)39-21-7-8-22-40(39)50-41/h1-6,9-10,12-19,26-27,34,36-42H,7-8,11,20-25,28H2. The minimum Gasteiger partial charge on any atom is -0.372 e. The van der Waals surface area contributed by atoms with E-state index in [1.807, 2.05) is 36.4 Å². The summed E-state index contributed by atoms with van der Waals surface area (Å²) in [5, 5.41) is 0. The van der Waals surface area contributed by atoms with Gasteiger partial charge in [-0.05, 0) is 85.5 Å². The van der Waals surface area contributed by atoms with E-state index in [1.165, 1.54) is 80.9 Å². The summed E-state index contributed by atoms with van der Waals surface area (Å²) in [5.74, 6) is 4.31. The number of aromatic nitrogens is 3. The van der Waals surface area contributed by atoms with Gasteiger partial charge in [0.05, 0.1) is 12.2 Å². The summed E-state index contributed by atoms with van der Waals surface area (Å²) in [6, 6.07) is 40.7. The number of nitrogens with zero attached hydrogens (tertiary/aromatic N) is 4. The molecule has 3 heterocycles. The highest BCUT2D eigenvalue weighted by Crippen LogP contribution is 2.56. The number of fused-ring (bicyclic) bond motifs is 5. The van der Waals surface area contributed by atoms with Crippen molar-refractivity contribution in [1.29, 1.82) is 0 Å². The Morgan fingerprint density at radius 3 is 1.86 bits per heavy atom. The molecule has 0 radical (unpaired) electrons. The van der Waals surface area contributed by atoms with Crippen LogP contribution in [-0.2, 0) is 4.74 Å². The van der Waals surface area contributed by atoms with E-state index in [4.69, 9.17) is 19.7 Å². The highest BCUT2D eigenvalue weighted by molar-refractivity contribution is 5.73. The Labute approximate surface area is 296 Å². The van der Waals surface area contributed by atoms with Crippen LogP contribution in [0.1, 0.15) is 75.7 Å². The molecule has 5 aliphatic rings. The Kier molecular flexibility index (Phi) is 7.87. The molecule has 2 aliphatic heterocycles. The average molecular weight is 659 g/mol. The monoisotopic (exact) mass is 658 g/mol. The fraction of sp³-hybridized carbons (Fsp3) is 0.400. The Morgan fingerprint density at radius 1 is 0.480 bits per heavy atom. The van der Waals surface area contributed by atoms with E-state index in [9.17, 15) is 0 Å². The lowest BCUT2D eigenvalue weighted by molar-refractivity contribution is -0.177. The molecule has 1 aromatic heterocycles. The molecule has 5 aromatic rings. The topological polar surface area (TPSA) is 51.1 Å². The van der Waals surface area contributed by atoms with Crippen LogP contribution in [0.25, 0.3) is 45.3 Å². The van der Waals surface area contributed by atoms with Crippen molar-refractivity contribution < 1.29 is 4.74 Å². The van der Waals surface area contributed by atoms with Gasteiger partial charge in [-0.25, -0.2) is 15.0 Å². The summed E-state index contributed by atoms with van der Waals surface area (Å²) < 4.78 is 6.90. The summed E-state index contributed by atoms with van der Waals surface area (Å²) in [6.07, 6.45) is 14.3. The third-order valence-corrected chi connectivity index (χ3v) is 12.9. The fourth-order valence-corrected chi connectivity index (χ4v) is 10.8. The first-order valence-electron chi connectivity index (χ1n) is 19.3. The highest BCUT2D eigenvalue weighted by atomic mass is 16.5. The summed E-state index contributed by atoms with van der Waals surface area (Å²) in [6.45, 7) is 0. The second-order valence-corrected chi connectivity index (χ2v) is 15.6. The smallest absolute Gasteiger partial charge is 0.164 e. The summed E-state index contributed by atoms with van der Waals surface area (Å²) >= 11 is 0. The maximum atomic E-state index is 6.90. The normalized spacial score (nSPS) is 30.2. The molecule has 8 atom stereocenters. The molecule has 5 fully saturated rings. The van der Waals surface area contributed by atoms with Gasteiger partial charge in [-0.2, -0.15) is 0 Å². The zero-order valence-corrected chi connectivity index (χ0v) is 28.8. The third-order valence-electron chi connectivity index (χ3n) is 12.9. The lowest BCUT2D eigenvalue weighted by atomic mass is 9.68. The molecule has 2 saturated heterocycles. The molecule has 0 N–H and O–H groups in total. The van der Waals surface area contributed by atoms with Crippen LogP contribution < -0.4 is 0 Å². The van der Waals surface area contributed by atoms with Gasteiger partial charge in [-0.15, -0.1) is 0 Å². The Hall–Kier alpha value is -4.19. The predicted molar refractivity (Wildman–Crippen MR) is 199 cm³/mol. The van der Waals surface area contributed by atoms with E-state index < -0.39 is 0 Å². The number of hydrogen-bond donors (Lipinski definition) is 0.